The van der Waals surface area contributed by atoms with Crippen LogP contribution in [0.1, 0.15) is 72.8 Å². The van der Waals surface area contributed by atoms with E-state index in [0.29, 0.717) is 34.2 Å². The van der Waals surface area contributed by atoms with E-state index < -0.39 is 17.7 Å². The number of alkyl halides is 3. The van der Waals surface area contributed by atoms with Gasteiger partial charge >= 0.3 is 12.1 Å². The Kier molecular flexibility index (Phi) is 13.2. The SMILES string of the molecule is CC.COc1ccc(C(F)(F)F)cc1C/C(C)=N/N(Cc1ccc2cc(Cl)ccc2c1)C(C)c1ccc(C(=O)NCCC(=O)O)cc1. The van der Waals surface area contributed by atoms with Crippen LogP contribution in [0.25, 0.3) is 10.8 Å². The average molecular weight is 670 g/mol. The van der Waals surface area contributed by atoms with Crippen LogP contribution >= 0.6 is 11.6 Å². The topological polar surface area (TPSA) is 91.2 Å². The minimum atomic E-state index is -4.49. The molecule has 0 aromatic heterocycles. The first-order valence-electron chi connectivity index (χ1n) is 15.2. The summed E-state index contributed by atoms with van der Waals surface area (Å²) in [5.74, 6) is -1.05. The fourth-order valence-corrected chi connectivity index (χ4v) is 5.08. The van der Waals surface area contributed by atoms with Gasteiger partial charge in [-0.15, -0.1) is 0 Å². The first kappa shape index (κ1) is 36.9. The summed E-state index contributed by atoms with van der Waals surface area (Å²) in [5, 5.41) is 20.7. The summed E-state index contributed by atoms with van der Waals surface area (Å²) in [6.07, 6.45) is -4.55. The molecule has 0 heterocycles. The number of hydrazone groups is 1. The van der Waals surface area contributed by atoms with Crippen molar-refractivity contribution in [2.24, 2.45) is 5.10 Å². The van der Waals surface area contributed by atoms with Crippen LogP contribution in [0.4, 0.5) is 13.2 Å². The minimum Gasteiger partial charge on any atom is -0.496 e. The lowest BCUT2D eigenvalue weighted by atomic mass is 10.0. The van der Waals surface area contributed by atoms with E-state index in [9.17, 15) is 22.8 Å². The van der Waals surface area contributed by atoms with Crippen LogP contribution in [0.5, 0.6) is 5.75 Å². The Hall–Kier alpha value is -4.57. The number of fused-ring (bicyclic) bond motifs is 1. The highest BCUT2D eigenvalue weighted by Gasteiger charge is 2.31. The molecule has 0 spiro atoms. The molecule has 4 aromatic carbocycles. The van der Waals surface area contributed by atoms with Gasteiger partial charge in [0.15, 0.2) is 0 Å². The van der Waals surface area contributed by atoms with Crippen molar-refractivity contribution in [2.45, 2.75) is 59.3 Å². The number of carboxylic acids is 1. The van der Waals surface area contributed by atoms with Crippen molar-refractivity contribution in [1.82, 2.24) is 10.3 Å². The zero-order valence-electron chi connectivity index (χ0n) is 27.0. The van der Waals surface area contributed by atoms with Crippen molar-refractivity contribution in [2.75, 3.05) is 13.7 Å². The van der Waals surface area contributed by atoms with Gasteiger partial charge in [0.25, 0.3) is 5.91 Å². The van der Waals surface area contributed by atoms with E-state index in [2.05, 4.69) is 5.32 Å². The van der Waals surface area contributed by atoms with Gasteiger partial charge in [0.2, 0.25) is 0 Å². The Morgan fingerprint density at radius 2 is 1.64 bits per heavy atom. The number of rotatable bonds is 12. The summed E-state index contributed by atoms with van der Waals surface area (Å²) >= 11 is 6.15. The fourth-order valence-electron chi connectivity index (χ4n) is 4.90. The van der Waals surface area contributed by atoms with Gasteiger partial charge in [-0.3, -0.25) is 14.6 Å². The van der Waals surface area contributed by atoms with Crippen LogP contribution in [0.2, 0.25) is 5.02 Å². The van der Waals surface area contributed by atoms with E-state index in [1.54, 1.807) is 31.2 Å². The maximum absolute atomic E-state index is 13.5. The van der Waals surface area contributed by atoms with Crippen molar-refractivity contribution >= 4 is 40.0 Å². The van der Waals surface area contributed by atoms with Gasteiger partial charge in [-0.25, -0.2) is 0 Å². The maximum Gasteiger partial charge on any atom is 0.416 e. The van der Waals surface area contributed by atoms with Crippen molar-refractivity contribution in [1.29, 1.82) is 0 Å². The molecule has 2 N–H and O–H groups in total. The van der Waals surface area contributed by atoms with E-state index in [1.165, 1.54) is 13.2 Å². The third-order valence-corrected chi connectivity index (χ3v) is 7.53. The number of carboxylic acid groups (broad SMARTS) is 1. The van der Waals surface area contributed by atoms with E-state index >= 15 is 0 Å². The molecular formula is C36H39ClF3N3O4. The molecule has 0 fully saturated rings. The lowest BCUT2D eigenvalue weighted by Crippen LogP contribution is -2.26. The molecule has 0 radical (unpaired) electrons. The molecule has 1 atom stereocenters. The second kappa shape index (κ2) is 16.8. The largest absolute Gasteiger partial charge is 0.496 e. The standard InChI is InChI=1S/C34H33ClF3N3O4.C2H6/c1-21(16-28-18-29(34(36,37)38)11-13-31(28)45-3)40-41(20-23-4-5-27-19-30(35)12-10-26(27)17-23)22(2)24-6-8-25(9-7-24)33(44)39-15-14-32(42)43;1-2/h4-13,17-19,22H,14-16,20H2,1-3H3,(H,39,44)(H,42,43);1-2H3/b40-21+;. The molecular weight excluding hydrogens is 631 g/mol. The Bertz CT molecular complexity index is 1710. The summed E-state index contributed by atoms with van der Waals surface area (Å²) < 4.78 is 45.7. The highest BCUT2D eigenvalue weighted by molar-refractivity contribution is 6.31. The highest BCUT2D eigenvalue weighted by atomic mass is 35.5. The summed E-state index contributed by atoms with van der Waals surface area (Å²) in [4.78, 5) is 23.2. The number of carbonyl (C=O) groups excluding carboxylic acids is 1. The maximum atomic E-state index is 13.5. The van der Waals surface area contributed by atoms with Gasteiger partial charge in [0.1, 0.15) is 5.75 Å². The molecule has 0 bridgehead atoms. The van der Waals surface area contributed by atoms with Gasteiger partial charge in [0.05, 0.1) is 31.7 Å². The van der Waals surface area contributed by atoms with Gasteiger partial charge in [-0.2, -0.15) is 18.3 Å². The summed E-state index contributed by atoms with van der Waals surface area (Å²) in [5.41, 5.74) is 2.35. The monoisotopic (exact) mass is 669 g/mol. The Labute approximate surface area is 278 Å². The predicted molar refractivity (Wildman–Crippen MR) is 180 cm³/mol. The zero-order chi connectivity index (χ0) is 34.7. The van der Waals surface area contributed by atoms with Crippen LogP contribution in [0.15, 0.2) is 84.0 Å². The number of hydrogen-bond donors (Lipinski definition) is 2. The Balaban J connectivity index is 0.00000294. The van der Waals surface area contributed by atoms with E-state index in [0.717, 1.165) is 34.0 Å². The first-order chi connectivity index (χ1) is 22.3. The van der Waals surface area contributed by atoms with Gasteiger partial charge in [-0.05, 0) is 84.3 Å². The molecule has 4 aromatic rings. The van der Waals surface area contributed by atoms with Crippen molar-refractivity contribution in [3.05, 3.63) is 112 Å². The number of halogens is 4. The number of nitrogens with one attached hydrogen (secondary N) is 1. The van der Waals surface area contributed by atoms with E-state index in [4.69, 9.17) is 26.5 Å². The summed E-state index contributed by atoms with van der Waals surface area (Å²) in [6.45, 7) is 8.10. The minimum absolute atomic E-state index is 0.0166. The summed E-state index contributed by atoms with van der Waals surface area (Å²) in [6, 6.07) is 21.6. The number of aliphatic carboxylic acids is 1. The number of hydrogen-bond acceptors (Lipinski definition) is 5. The smallest absolute Gasteiger partial charge is 0.416 e. The molecule has 250 valence electrons. The van der Waals surface area contributed by atoms with Gasteiger partial charge in [-0.1, -0.05) is 55.8 Å². The molecule has 1 unspecified atom stereocenters. The molecule has 7 nitrogen and oxygen atoms in total. The third kappa shape index (κ3) is 10.5. The Morgan fingerprint density at radius 3 is 2.28 bits per heavy atom. The molecule has 0 aliphatic rings. The van der Waals surface area contributed by atoms with Crippen molar-refractivity contribution < 1.29 is 32.6 Å². The normalized spacial score (nSPS) is 12.1. The lowest BCUT2D eigenvalue weighted by molar-refractivity contribution is -0.138. The van der Waals surface area contributed by atoms with Crippen molar-refractivity contribution in [3.8, 4) is 5.75 Å². The number of benzene rings is 4. The number of nitrogens with zero attached hydrogens (tertiary/aromatic N) is 2. The molecule has 1 amide bonds. The fraction of sp³-hybridized carbons (Fsp3) is 0.306. The summed E-state index contributed by atoms with van der Waals surface area (Å²) in [7, 11) is 1.41. The Morgan fingerprint density at radius 1 is 0.979 bits per heavy atom. The number of ether oxygens (including phenoxy) is 1. The van der Waals surface area contributed by atoms with Crippen LogP contribution < -0.4 is 10.1 Å². The molecule has 0 saturated carbocycles. The third-order valence-electron chi connectivity index (χ3n) is 7.29. The van der Waals surface area contributed by atoms with Crippen molar-refractivity contribution in [3.63, 3.8) is 0 Å². The van der Waals surface area contributed by atoms with Crippen LogP contribution in [-0.4, -0.2) is 41.4 Å². The zero-order valence-corrected chi connectivity index (χ0v) is 27.7. The van der Waals surface area contributed by atoms with Crippen LogP contribution in [0, 0.1) is 0 Å². The van der Waals surface area contributed by atoms with Crippen LogP contribution in [-0.2, 0) is 23.9 Å². The first-order valence-corrected chi connectivity index (χ1v) is 15.5. The molecule has 0 aliphatic heterocycles. The average Bonchev–Trinajstić information content (AvgIpc) is 3.04. The van der Waals surface area contributed by atoms with E-state index in [-0.39, 0.29) is 31.3 Å². The van der Waals surface area contributed by atoms with Crippen LogP contribution in [0.3, 0.4) is 0 Å². The van der Waals surface area contributed by atoms with E-state index in [1.807, 2.05) is 62.2 Å². The number of methoxy groups -OCH3 is 1. The molecule has 47 heavy (non-hydrogen) atoms. The lowest BCUT2D eigenvalue weighted by Gasteiger charge is -2.28. The molecule has 0 saturated heterocycles. The van der Waals surface area contributed by atoms with Gasteiger partial charge in [0, 0.05) is 34.8 Å². The molecule has 0 aliphatic carbocycles. The predicted octanol–water partition coefficient (Wildman–Crippen LogP) is 8.93. The number of amides is 1. The second-order valence-electron chi connectivity index (χ2n) is 10.7. The number of carbonyl (C=O) groups is 2. The molecule has 11 heteroatoms. The molecule has 4 rings (SSSR count). The van der Waals surface area contributed by atoms with Gasteiger partial charge < -0.3 is 15.2 Å². The quantitative estimate of drug-likeness (QED) is 0.116. The second-order valence-corrected chi connectivity index (χ2v) is 11.1. The highest BCUT2D eigenvalue weighted by Crippen LogP contribution is 2.33.